The number of anilines is 2. The fourth-order valence-corrected chi connectivity index (χ4v) is 1.42. The summed E-state index contributed by atoms with van der Waals surface area (Å²) in [7, 11) is 1.69. The number of methoxy groups -OCH3 is 1. The first-order chi connectivity index (χ1) is 7.65. The Morgan fingerprint density at radius 2 is 2.19 bits per heavy atom. The number of nitrogens with zero attached hydrogens (tertiary/aromatic N) is 2. The van der Waals surface area contributed by atoms with Crippen LogP contribution in [0.5, 0.6) is 0 Å². The number of rotatable bonds is 6. The monoisotopic (exact) mass is 224 g/mol. The van der Waals surface area contributed by atoms with Gasteiger partial charge in [0, 0.05) is 31.5 Å². The van der Waals surface area contributed by atoms with Gasteiger partial charge in [-0.1, -0.05) is 0 Å². The largest absolute Gasteiger partial charge is 0.383 e. The van der Waals surface area contributed by atoms with E-state index in [4.69, 9.17) is 4.74 Å². The minimum absolute atomic E-state index is 0.230. The molecule has 90 valence electrons. The Morgan fingerprint density at radius 1 is 1.44 bits per heavy atom. The summed E-state index contributed by atoms with van der Waals surface area (Å²) in [6.45, 7) is 7.49. The molecule has 1 aromatic rings. The highest BCUT2D eigenvalue weighted by molar-refractivity contribution is 5.42. The fraction of sp³-hybridized carbons (Fsp3) is 0.636. The molecular formula is C11H20N4O. The van der Waals surface area contributed by atoms with Crippen molar-refractivity contribution in [3.05, 3.63) is 11.8 Å². The molecular weight excluding hydrogens is 204 g/mol. The molecule has 16 heavy (non-hydrogen) atoms. The third kappa shape index (κ3) is 4.02. The Hall–Kier alpha value is -1.36. The van der Waals surface area contributed by atoms with Crippen molar-refractivity contribution in [1.82, 2.24) is 9.97 Å². The van der Waals surface area contributed by atoms with E-state index in [1.165, 1.54) is 0 Å². The Bertz CT molecular complexity index is 330. The van der Waals surface area contributed by atoms with Crippen LogP contribution in [0.3, 0.4) is 0 Å². The normalized spacial score (nSPS) is 12.2. The molecule has 0 aliphatic rings. The zero-order valence-corrected chi connectivity index (χ0v) is 10.4. The maximum atomic E-state index is 5.06. The van der Waals surface area contributed by atoms with Crippen molar-refractivity contribution < 1.29 is 4.74 Å². The highest BCUT2D eigenvalue weighted by Gasteiger charge is 2.05. The van der Waals surface area contributed by atoms with Crippen LogP contribution in [0.1, 0.15) is 19.5 Å². The van der Waals surface area contributed by atoms with Gasteiger partial charge in [-0.15, -0.1) is 0 Å². The molecule has 0 radical (unpaired) electrons. The van der Waals surface area contributed by atoms with Crippen LogP contribution < -0.4 is 10.6 Å². The van der Waals surface area contributed by atoms with Crippen LogP contribution in [0.25, 0.3) is 0 Å². The second-order valence-corrected chi connectivity index (χ2v) is 3.75. The van der Waals surface area contributed by atoms with Gasteiger partial charge in [0.2, 0.25) is 5.95 Å². The zero-order valence-electron chi connectivity index (χ0n) is 10.4. The van der Waals surface area contributed by atoms with Crippen molar-refractivity contribution in [3.8, 4) is 0 Å². The summed E-state index contributed by atoms with van der Waals surface area (Å²) in [6, 6.07) is 2.15. The molecule has 0 amide bonds. The first-order valence-electron chi connectivity index (χ1n) is 5.50. The van der Waals surface area contributed by atoms with Crippen LogP contribution in [0.2, 0.25) is 0 Å². The molecule has 0 aromatic carbocycles. The smallest absolute Gasteiger partial charge is 0.224 e. The highest BCUT2D eigenvalue weighted by atomic mass is 16.5. The number of aromatic nitrogens is 2. The Labute approximate surface area is 96.6 Å². The molecule has 0 saturated carbocycles. The lowest BCUT2D eigenvalue weighted by molar-refractivity contribution is 0.190. The quantitative estimate of drug-likeness (QED) is 0.769. The van der Waals surface area contributed by atoms with Gasteiger partial charge < -0.3 is 15.4 Å². The molecule has 1 aromatic heterocycles. The van der Waals surface area contributed by atoms with Gasteiger partial charge in [0.1, 0.15) is 5.82 Å². The van der Waals surface area contributed by atoms with E-state index in [1.54, 1.807) is 7.11 Å². The van der Waals surface area contributed by atoms with Gasteiger partial charge in [-0.3, -0.25) is 0 Å². The molecule has 5 heteroatoms. The maximum Gasteiger partial charge on any atom is 0.224 e. The minimum atomic E-state index is 0.230. The molecule has 0 fully saturated rings. The molecule has 1 atom stereocenters. The molecule has 2 N–H and O–H groups in total. The van der Waals surface area contributed by atoms with Crippen molar-refractivity contribution in [1.29, 1.82) is 0 Å². The topological polar surface area (TPSA) is 59.1 Å². The van der Waals surface area contributed by atoms with Crippen LogP contribution in [0.4, 0.5) is 11.8 Å². The van der Waals surface area contributed by atoms with Crippen molar-refractivity contribution in [2.24, 2.45) is 0 Å². The predicted octanol–water partition coefficient (Wildman–Crippen LogP) is 1.66. The number of hydrogen-bond donors (Lipinski definition) is 2. The van der Waals surface area contributed by atoms with Crippen LogP contribution in [0, 0.1) is 6.92 Å². The number of nitrogens with one attached hydrogen (secondary N) is 2. The first-order valence-corrected chi connectivity index (χ1v) is 5.50. The van der Waals surface area contributed by atoms with Crippen LogP contribution in [-0.2, 0) is 4.74 Å². The summed E-state index contributed by atoms with van der Waals surface area (Å²) in [5, 5.41) is 6.37. The number of ether oxygens (including phenoxy) is 1. The summed E-state index contributed by atoms with van der Waals surface area (Å²) < 4.78 is 5.06. The van der Waals surface area contributed by atoms with E-state index in [1.807, 2.05) is 26.8 Å². The molecule has 0 spiro atoms. The Morgan fingerprint density at radius 3 is 2.81 bits per heavy atom. The number of hydrogen-bond acceptors (Lipinski definition) is 5. The van der Waals surface area contributed by atoms with Gasteiger partial charge in [0.05, 0.1) is 6.61 Å². The van der Waals surface area contributed by atoms with E-state index >= 15 is 0 Å². The second kappa shape index (κ2) is 6.27. The lowest BCUT2D eigenvalue weighted by Crippen LogP contribution is -2.22. The van der Waals surface area contributed by atoms with Gasteiger partial charge in [-0.25, -0.2) is 4.98 Å². The van der Waals surface area contributed by atoms with Crippen molar-refractivity contribution in [2.45, 2.75) is 26.8 Å². The first kappa shape index (κ1) is 12.7. The SMILES string of the molecule is CCNc1nc(C)cc(NC(C)COC)n1. The van der Waals surface area contributed by atoms with Crippen molar-refractivity contribution in [2.75, 3.05) is 30.9 Å². The lowest BCUT2D eigenvalue weighted by Gasteiger charge is -2.14. The van der Waals surface area contributed by atoms with E-state index in [0.29, 0.717) is 12.6 Å². The minimum Gasteiger partial charge on any atom is -0.383 e. The van der Waals surface area contributed by atoms with Gasteiger partial charge in [-0.05, 0) is 20.8 Å². The molecule has 1 heterocycles. The summed E-state index contributed by atoms with van der Waals surface area (Å²) in [5.41, 5.74) is 0.943. The molecule has 0 saturated heterocycles. The van der Waals surface area contributed by atoms with Crippen molar-refractivity contribution in [3.63, 3.8) is 0 Å². The second-order valence-electron chi connectivity index (χ2n) is 3.75. The average Bonchev–Trinajstić information content (AvgIpc) is 2.17. The maximum absolute atomic E-state index is 5.06. The molecule has 5 nitrogen and oxygen atoms in total. The van der Waals surface area contributed by atoms with Crippen molar-refractivity contribution >= 4 is 11.8 Å². The average molecular weight is 224 g/mol. The van der Waals surface area contributed by atoms with Gasteiger partial charge in [0.25, 0.3) is 0 Å². The molecule has 1 rings (SSSR count). The molecule has 0 aliphatic heterocycles. The van der Waals surface area contributed by atoms with Crippen LogP contribution >= 0.6 is 0 Å². The summed E-state index contributed by atoms with van der Waals surface area (Å²) in [5.74, 6) is 1.49. The summed E-state index contributed by atoms with van der Waals surface area (Å²) in [4.78, 5) is 8.64. The standard InChI is InChI=1S/C11H20N4O/c1-5-12-11-14-8(2)6-10(15-11)13-9(3)7-16-4/h6,9H,5,7H2,1-4H3,(H2,12,13,14,15). The zero-order chi connectivity index (χ0) is 12.0. The highest BCUT2D eigenvalue weighted by Crippen LogP contribution is 2.10. The molecule has 0 bridgehead atoms. The van der Waals surface area contributed by atoms with E-state index < -0.39 is 0 Å². The fourth-order valence-electron chi connectivity index (χ4n) is 1.42. The Kier molecular flexibility index (Phi) is 4.98. The molecule has 1 unspecified atom stereocenters. The van der Waals surface area contributed by atoms with Gasteiger partial charge in [0.15, 0.2) is 0 Å². The van der Waals surface area contributed by atoms with Gasteiger partial charge >= 0.3 is 0 Å². The predicted molar refractivity (Wildman–Crippen MR) is 65.9 cm³/mol. The van der Waals surface area contributed by atoms with Crippen LogP contribution in [0.15, 0.2) is 6.07 Å². The third-order valence-electron chi connectivity index (χ3n) is 2.00. The summed E-state index contributed by atoms with van der Waals surface area (Å²) in [6.07, 6.45) is 0. The van der Waals surface area contributed by atoms with Gasteiger partial charge in [-0.2, -0.15) is 4.98 Å². The lowest BCUT2D eigenvalue weighted by atomic mass is 10.3. The molecule has 0 aliphatic carbocycles. The van der Waals surface area contributed by atoms with E-state index in [-0.39, 0.29) is 6.04 Å². The van der Waals surface area contributed by atoms with Crippen LogP contribution in [-0.4, -0.2) is 36.3 Å². The third-order valence-corrected chi connectivity index (χ3v) is 2.00. The van der Waals surface area contributed by atoms with E-state index in [0.717, 1.165) is 18.1 Å². The van der Waals surface area contributed by atoms with E-state index in [2.05, 4.69) is 20.6 Å². The number of aryl methyl sites for hydroxylation is 1. The summed E-state index contributed by atoms with van der Waals surface area (Å²) >= 11 is 0. The Balaban J connectivity index is 2.71. The van der Waals surface area contributed by atoms with E-state index in [9.17, 15) is 0 Å².